The molecule has 0 fully saturated rings. The smallest absolute Gasteiger partial charge is 0.303 e. The van der Waals surface area contributed by atoms with Gasteiger partial charge in [0.1, 0.15) is 11.5 Å². The van der Waals surface area contributed by atoms with Crippen LogP contribution in [0.3, 0.4) is 0 Å². The van der Waals surface area contributed by atoms with E-state index in [1.165, 1.54) is 12.8 Å². The quantitative estimate of drug-likeness (QED) is 0.0561. The van der Waals surface area contributed by atoms with Gasteiger partial charge in [-0.15, -0.1) is 0 Å². The van der Waals surface area contributed by atoms with Crippen LogP contribution in [-0.4, -0.2) is 44.9 Å². The Hall–Kier alpha value is -6.13. The van der Waals surface area contributed by atoms with Crippen molar-refractivity contribution in [3.8, 4) is 45.9 Å². The van der Waals surface area contributed by atoms with Crippen molar-refractivity contribution in [3.05, 3.63) is 108 Å². The monoisotopic (exact) mass is 762 g/mol. The van der Waals surface area contributed by atoms with Gasteiger partial charge in [0, 0.05) is 19.3 Å². The second-order valence-electron chi connectivity index (χ2n) is 13.3. The zero-order chi connectivity index (χ0) is 40.8. The molecule has 296 valence electrons. The number of carbonyl (C=O) groups is 3. The van der Waals surface area contributed by atoms with Gasteiger partial charge in [-0.25, -0.2) is 0 Å². The number of nitrogens with zero attached hydrogens (tertiary/aromatic N) is 2. The van der Waals surface area contributed by atoms with E-state index >= 15 is 0 Å². The molecule has 0 atom stereocenters. The van der Waals surface area contributed by atoms with Gasteiger partial charge in [0.05, 0.1) is 29.9 Å². The molecule has 0 amide bonds. The van der Waals surface area contributed by atoms with Crippen molar-refractivity contribution in [2.45, 2.75) is 103 Å². The van der Waals surface area contributed by atoms with Crippen molar-refractivity contribution < 1.29 is 39.5 Å². The van der Waals surface area contributed by atoms with E-state index in [1.54, 1.807) is 24.3 Å². The molecule has 0 aliphatic carbocycles. The lowest BCUT2D eigenvalue weighted by molar-refractivity contribution is -0.138. The molecule has 0 radical (unpaired) electrons. The van der Waals surface area contributed by atoms with Crippen LogP contribution in [0.25, 0.3) is 22.3 Å². The number of aliphatic carboxylic acids is 3. The minimum Gasteiger partial charge on any atom is -0.508 e. The first-order valence-electron chi connectivity index (χ1n) is 19.3. The van der Waals surface area contributed by atoms with E-state index in [4.69, 9.17) is 35.7 Å². The molecule has 4 aromatic carbocycles. The molecule has 0 aliphatic heterocycles. The van der Waals surface area contributed by atoms with Crippen LogP contribution in [0.15, 0.2) is 97.1 Å². The first-order valence-corrected chi connectivity index (χ1v) is 19.3. The highest BCUT2D eigenvalue weighted by Crippen LogP contribution is 2.24. The predicted octanol–water partition coefficient (Wildman–Crippen LogP) is 11.0. The first kappa shape index (κ1) is 46.0. The van der Waals surface area contributed by atoms with Crippen LogP contribution in [-0.2, 0) is 14.4 Å². The predicted molar refractivity (Wildman–Crippen MR) is 217 cm³/mol. The van der Waals surface area contributed by atoms with Crippen LogP contribution >= 0.6 is 0 Å². The number of carboxylic acid groups (broad SMARTS) is 3. The van der Waals surface area contributed by atoms with E-state index in [9.17, 15) is 14.4 Å². The molecule has 0 saturated heterocycles. The summed E-state index contributed by atoms with van der Waals surface area (Å²) in [4.78, 5) is 30.7. The number of unbranched alkanes of at least 4 members (excludes halogenated alkanes) is 11. The van der Waals surface area contributed by atoms with Crippen molar-refractivity contribution in [1.29, 1.82) is 10.5 Å². The molecule has 4 N–H and O–H groups in total. The van der Waals surface area contributed by atoms with Crippen LogP contribution < -0.4 is 4.74 Å². The van der Waals surface area contributed by atoms with E-state index in [1.807, 2.05) is 72.8 Å². The van der Waals surface area contributed by atoms with Gasteiger partial charge in [-0.2, -0.15) is 10.5 Å². The Balaban J connectivity index is 0.000000316. The summed E-state index contributed by atoms with van der Waals surface area (Å²) < 4.78 is 5.80. The molecule has 0 aliphatic rings. The van der Waals surface area contributed by atoms with Crippen LogP contribution in [0.4, 0.5) is 0 Å². The minimum atomic E-state index is -0.740. The molecule has 10 nitrogen and oxygen atoms in total. The molecule has 56 heavy (non-hydrogen) atoms. The molecular weight excluding hydrogens is 709 g/mol. The third-order valence-corrected chi connectivity index (χ3v) is 8.75. The summed E-state index contributed by atoms with van der Waals surface area (Å²) in [6, 6.07) is 34.1. The molecule has 0 aromatic heterocycles. The average molecular weight is 763 g/mol. The van der Waals surface area contributed by atoms with E-state index in [-0.39, 0.29) is 25.0 Å². The van der Waals surface area contributed by atoms with Crippen LogP contribution in [0, 0.1) is 22.7 Å². The first-order chi connectivity index (χ1) is 27.1. The number of phenolic OH excluding ortho intramolecular Hbond substituents is 1. The van der Waals surface area contributed by atoms with Crippen LogP contribution in [0.2, 0.25) is 0 Å². The van der Waals surface area contributed by atoms with Crippen LogP contribution in [0.5, 0.6) is 11.5 Å². The van der Waals surface area contributed by atoms with Gasteiger partial charge < -0.3 is 25.2 Å². The van der Waals surface area contributed by atoms with E-state index in [0.717, 1.165) is 105 Å². The fraction of sp³-hybridized carbons (Fsp3) is 0.370. The summed E-state index contributed by atoms with van der Waals surface area (Å²) in [5.41, 5.74) is 5.57. The fourth-order valence-electron chi connectivity index (χ4n) is 5.58. The highest BCUT2D eigenvalue weighted by atomic mass is 16.5. The second kappa shape index (κ2) is 28.3. The fourth-order valence-corrected chi connectivity index (χ4v) is 5.58. The highest BCUT2D eigenvalue weighted by Gasteiger charge is 2.02. The van der Waals surface area contributed by atoms with Crippen LogP contribution in [0.1, 0.15) is 114 Å². The van der Waals surface area contributed by atoms with Crippen molar-refractivity contribution in [2.75, 3.05) is 6.61 Å². The molecule has 0 unspecified atom stereocenters. The Labute approximate surface area is 330 Å². The van der Waals surface area contributed by atoms with Gasteiger partial charge in [-0.05, 0) is 96.5 Å². The Kier molecular flexibility index (Phi) is 23.3. The lowest BCUT2D eigenvalue weighted by Crippen LogP contribution is -1.97. The van der Waals surface area contributed by atoms with Crippen molar-refractivity contribution in [2.24, 2.45) is 0 Å². The maximum absolute atomic E-state index is 10.4. The van der Waals surface area contributed by atoms with Gasteiger partial charge >= 0.3 is 17.9 Å². The van der Waals surface area contributed by atoms with Gasteiger partial charge in [-0.3, -0.25) is 14.4 Å². The Morgan fingerprint density at radius 3 is 1.04 bits per heavy atom. The van der Waals surface area contributed by atoms with Gasteiger partial charge in [0.15, 0.2) is 0 Å². The highest BCUT2D eigenvalue weighted by molar-refractivity contribution is 5.68. The number of carboxylic acids is 3. The van der Waals surface area contributed by atoms with Crippen molar-refractivity contribution in [1.82, 2.24) is 0 Å². The third-order valence-electron chi connectivity index (χ3n) is 8.75. The zero-order valence-corrected chi connectivity index (χ0v) is 32.1. The lowest BCUT2D eigenvalue weighted by Gasteiger charge is -2.08. The molecule has 10 heteroatoms. The number of hydrogen-bond acceptors (Lipinski definition) is 7. The summed E-state index contributed by atoms with van der Waals surface area (Å²) in [6.45, 7) is 0.717. The number of nitriles is 2. The molecular formula is C46H54N2O8. The molecule has 0 bridgehead atoms. The second-order valence-corrected chi connectivity index (χ2v) is 13.3. The largest absolute Gasteiger partial charge is 0.508 e. The third kappa shape index (κ3) is 21.5. The summed E-state index contributed by atoms with van der Waals surface area (Å²) >= 11 is 0. The topological polar surface area (TPSA) is 189 Å². The lowest BCUT2D eigenvalue weighted by atomic mass is 10.0. The Morgan fingerprint density at radius 2 is 0.714 bits per heavy atom. The molecule has 0 heterocycles. The SMILES string of the molecule is N#Cc1ccc(-c2ccc(O)cc2)cc1.N#Cc1ccc(-c2ccc(OCCCCCCCCCC(=O)O)cc2)cc1.O=C(O)CCCCCCCCC(=O)O. The Morgan fingerprint density at radius 1 is 0.429 bits per heavy atom. The molecule has 4 rings (SSSR count). The average Bonchev–Trinajstić information content (AvgIpc) is 3.20. The van der Waals surface area contributed by atoms with Gasteiger partial charge in [0.2, 0.25) is 0 Å². The normalized spacial score (nSPS) is 10.0. The van der Waals surface area contributed by atoms with Crippen molar-refractivity contribution >= 4 is 17.9 Å². The summed E-state index contributed by atoms with van der Waals surface area (Å²) in [7, 11) is 0. The number of phenols is 1. The van der Waals surface area contributed by atoms with E-state index < -0.39 is 17.9 Å². The van der Waals surface area contributed by atoms with E-state index in [0.29, 0.717) is 11.1 Å². The standard InChI is InChI=1S/C23H27NO3.C13H9NO.C10H18O4/c24-18-19-9-11-20(12-10-19)21-13-15-22(16-14-21)27-17-7-5-3-1-2-4-6-8-23(25)26;14-9-10-1-3-11(4-2-10)12-5-7-13(15)8-6-12;11-9(12)7-5-3-1-2-4-6-8-10(13)14/h9-16H,1-8,17H2,(H,25,26);1-8,15H;1-8H2,(H,11,12)(H,13,14). The maximum atomic E-state index is 10.4. The minimum absolute atomic E-state index is 0.245. The number of aromatic hydroxyl groups is 1. The summed E-state index contributed by atoms with van der Waals surface area (Å²) in [6.07, 6.45) is 13.5. The molecule has 0 spiro atoms. The number of benzene rings is 4. The Bertz CT molecular complexity index is 1770. The van der Waals surface area contributed by atoms with Crippen molar-refractivity contribution in [3.63, 3.8) is 0 Å². The van der Waals surface area contributed by atoms with Gasteiger partial charge in [0.25, 0.3) is 0 Å². The van der Waals surface area contributed by atoms with Gasteiger partial charge in [-0.1, -0.05) is 106 Å². The van der Waals surface area contributed by atoms with E-state index in [2.05, 4.69) is 12.1 Å². The summed E-state index contributed by atoms with van der Waals surface area (Å²) in [5, 5.41) is 51.9. The maximum Gasteiger partial charge on any atom is 0.303 e. The number of hydrogen-bond donors (Lipinski definition) is 4. The zero-order valence-electron chi connectivity index (χ0n) is 32.1. The summed E-state index contributed by atoms with van der Waals surface area (Å²) in [5.74, 6) is -1.04. The number of ether oxygens (including phenoxy) is 1. The molecule has 4 aromatic rings. The molecule has 0 saturated carbocycles. The number of rotatable bonds is 22.